The van der Waals surface area contributed by atoms with Crippen LogP contribution >= 0.6 is 11.6 Å². The van der Waals surface area contributed by atoms with Crippen molar-refractivity contribution in [2.45, 2.75) is 27.3 Å². The summed E-state index contributed by atoms with van der Waals surface area (Å²) >= 11 is 6.01. The second-order valence-corrected chi connectivity index (χ2v) is 7.67. The van der Waals surface area contributed by atoms with Crippen molar-refractivity contribution in [3.63, 3.8) is 0 Å². The van der Waals surface area contributed by atoms with Crippen LogP contribution in [-0.2, 0) is 11.3 Å². The van der Waals surface area contributed by atoms with Crippen molar-refractivity contribution in [2.24, 2.45) is 0 Å². The van der Waals surface area contributed by atoms with Gasteiger partial charge in [-0.2, -0.15) is 0 Å². The number of ether oxygens (including phenoxy) is 2. The molecule has 3 rings (SSSR count). The molecular weight excluding hydrogens is 412 g/mol. The van der Waals surface area contributed by atoms with Gasteiger partial charge in [0.2, 0.25) is 0 Å². The Bertz CT molecular complexity index is 1040. The van der Waals surface area contributed by atoms with Gasteiger partial charge in [-0.3, -0.25) is 4.79 Å². The van der Waals surface area contributed by atoms with Gasteiger partial charge in [-0.25, -0.2) is 0 Å². The van der Waals surface area contributed by atoms with Crippen LogP contribution in [0.15, 0.2) is 60.7 Å². The lowest BCUT2D eigenvalue weighted by molar-refractivity contribution is -0.118. The first-order valence-electron chi connectivity index (χ1n) is 10.2. The second-order valence-electron chi connectivity index (χ2n) is 7.23. The van der Waals surface area contributed by atoms with Crippen LogP contribution in [0.25, 0.3) is 0 Å². The summed E-state index contributed by atoms with van der Waals surface area (Å²) in [6.07, 6.45) is 0. The van der Waals surface area contributed by atoms with Crippen molar-refractivity contribution in [1.82, 2.24) is 0 Å². The number of nitrogens with one attached hydrogen (secondary N) is 2. The smallest absolute Gasteiger partial charge is 0.262 e. The third-order valence-electron chi connectivity index (χ3n) is 4.69. The Hall–Kier alpha value is -3.18. The van der Waals surface area contributed by atoms with E-state index in [4.69, 9.17) is 21.1 Å². The maximum Gasteiger partial charge on any atom is 0.262 e. The van der Waals surface area contributed by atoms with Crippen LogP contribution in [0.3, 0.4) is 0 Å². The first-order chi connectivity index (χ1) is 14.9. The Morgan fingerprint density at radius 2 is 1.71 bits per heavy atom. The molecule has 3 aromatic rings. The Kier molecular flexibility index (Phi) is 7.79. The molecule has 3 aromatic carbocycles. The molecule has 0 aliphatic heterocycles. The summed E-state index contributed by atoms with van der Waals surface area (Å²) in [5.41, 5.74) is 4.93. The van der Waals surface area contributed by atoms with E-state index in [-0.39, 0.29) is 12.5 Å². The number of halogens is 1. The molecule has 0 saturated carbocycles. The molecule has 6 heteroatoms. The third-order valence-corrected chi connectivity index (χ3v) is 4.92. The Morgan fingerprint density at radius 3 is 2.45 bits per heavy atom. The predicted octanol–water partition coefficient (Wildman–Crippen LogP) is 5.99. The Labute approximate surface area is 188 Å². The zero-order chi connectivity index (χ0) is 22.2. The van der Waals surface area contributed by atoms with E-state index >= 15 is 0 Å². The lowest BCUT2D eigenvalue weighted by Gasteiger charge is -2.15. The summed E-state index contributed by atoms with van der Waals surface area (Å²) in [5, 5.41) is 6.79. The molecule has 0 radical (unpaired) electrons. The normalized spacial score (nSPS) is 10.5. The lowest BCUT2D eigenvalue weighted by Crippen LogP contribution is -2.21. The number of benzene rings is 3. The van der Waals surface area contributed by atoms with Gasteiger partial charge < -0.3 is 20.1 Å². The minimum Gasteiger partial charge on any atom is -0.490 e. The number of hydrogen-bond donors (Lipinski definition) is 2. The number of hydrogen-bond acceptors (Lipinski definition) is 4. The van der Waals surface area contributed by atoms with Gasteiger partial charge in [-0.1, -0.05) is 41.4 Å². The molecule has 0 fully saturated rings. The van der Waals surface area contributed by atoms with Crippen LogP contribution in [0.5, 0.6) is 11.5 Å². The van der Waals surface area contributed by atoms with Gasteiger partial charge in [0.25, 0.3) is 5.91 Å². The van der Waals surface area contributed by atoms with Crippen molar-refractivity contribution in [3.8, 4) is 11.5 Å². The van der Waals surface area contributed by atoms with Crippen LogP contribution in [0.4, 0.5) is 11.4 Å². The molecule has 1 amide bonds. The fourth-order valence-corrected chi connectivity index (χ4v) is 3.16. The minimum atomic E-state index is -0.266. The molecule has 0 aliphatic carbocycles. The van der Waals surface area contributed by atoms with Gasteiger partial charge in [-0.15, -0.1) is 0 Å². The molecule has 162 valence electrons. The van der Waals surface area contributed by atoms with Crippen LogP contribution in [0.2, 0.25) is 5.02 Å². The van der Waals surface area contributed by atoms with E-state index in [0.717, 1.165) is 16.8 Å². The highest BCUT2D eigenvalue weighted by atomic mass is 35.5. The maximum atomic E-state index is 12.3. The molecule has 0 spiro atoms. The average Bonchev–Trinajstić information content (AvgIpc) is 2.75. The first kappa shape index (κ1) is 22.5. The van der Waals surface area contributed by atoms with E-state index < -0.39 is 0 Å². The molecule has 0 aliphatic rings. The summed E-state index contributed by atoms with van der Waals surface area (Å²) in [4.78, 5) is 12.3. The topological polar surface area (TPSA) is 59.6 Å². The number of amides is 1. The SMILES string of the molecule is CCOc1cc(CNc2ccc(C)cc2)ccc1OCC(=O)Nc1cc(Cl)ccc1C. The average molecular weight is 439 g/mol. The van der Waals surface area contributed by atoms with Crippen molar-refractivity contribution in [3.05, 3.63) is 82.4 Å². The van der Waals surface area contributed by atoms with Gasteiger partial charge in [0, 0.05) is 22.9 Å². The summed E-state index contributed by atoms with van der Waals surface area (Å²) in [5.74, 6) is 0.870. The monoisotopic (exact) mass is 438 g/mol. The number of aryl methyl sites for hydroxylation is 2. The maximum absolute atomic E-state index is 12.3. The molecule has 0 saturated heterocycles. The van der Waals surface area contributed by atoms with Gasteiger partial charge in [0.15, 0.2) is 18.1 Å². The number of carbonyl (C=O) groups excluding carboxylic acids is 1. The summed E-state index contributed by atoms with van der Waals surface area (Å²) < 4.78 is 11.5. The predicted molar refractivity (Wildman–Crippen MR) is 126 cm³/mol. The fourth-order valence-electron chi connectivity index (χ4n) is 2.98. The zero-order valence-electron chi connectivity index (χ0n) is 18.0. The van der Waals surface area contributed by atoms with Crippen molar-refractivity contribution in [1.29, 1.82) is 0 Å². The van der Waals surface area contributed by atoms with Gasteiger partial charge >= 0.3 is 0 Å². The lowest BCUT2D eigenvalue weighted by atomic mass is 10.2. The number of anilines is 2. The van der Waals surface area contributed by atoms with E-state index in [1.54, 1.807) is 12.1 Å². The summed E-state index contributed by atoms with van der Waals surface area (Å²) in [6, 6.07) is 19.3. The largest absolute Gasteiger partial charge is 0.490 e. The van der Waals surface area contributed by atoms with E-state index in [2.05, 4.69) is 41.8 Å². The van der Waals surface area contributed by atoms with Crippen LogP contribution in [-0.4, -0.2) is 19.1 Å². The molecule has 0 aromatic heterocycles. The molecule has 0 bridgehead atoms. The standard InChI is InChI=1S/C25H27ClN2O3/c1-4-30-24-13-19(15-27-21-10-5-17(2)6-11-21)8-12-23(24)31-16-25(29)28-22-14-20(26)9-7-18(22)3/h5-14,27H,4,15-16H2,1-3H3,(H,28,29). The molecule has 2 N–H and O–H groups in total. The van der Waals surface area contributed by atoms with E-state index in [9.17, 15) is 4.79 Å². The van der Waals surface area contributed by atoms with Crippen LogP contribution in [0.1, 0.15) is 23.6 Å². The molecule has 0 atom stereocenters. The molecular formula is C25H27ClN2O3. The van der Waals surface area contributed by atoms with Gasteiger partial charge in [0.1, 0.15) is 0 Å². The van der Waals surface area contributed by atoms with Crippen molar-refractivity contribution in [2.75, 3.05) is 23.8 Å². The quantitative estimate of drug-likeness (QED) is 0.431. The van der Waals surface area contributed by atoms with Crippen LogP contribution < -0.4 is 20.1 Å². The van der Waals surface area contributed by atoms with Crippen molar-refractivity contribution < 1.29 is 14.3 Å². The summed E-state index contributed by atoms with van der Waals surface area (Å²) in [7, 11) is 0. The van der Waals surface area contributed by atoms with E-state index in [0.29, 0.717) is 35.4 Å². The van der Waals surface area contributed by atoms with Crippen LogP contribution in [0, 0.1) is 13.8 Å². The summed E-state index contributed by atoms with van der Waals surface area (Å²) in [6.45, 7) is 6.90. The molecule has 0 heterocycles. The van der Waals surface area contributed by atoms with Gasteiger partial charge in [-0.05, 0) is 68.3 Å². The number of rotatable bonds is 9. The fraction of sp³-hybridized carbons (Fsp3) is 0.240. The highest BCUT2D eigenvalue weighted by Gasteiger charge is 2.11. The Balaban J connectivity index is 1.61. The highest BCUT2D eigenvalue weighted by Crippen LogP contribution is 2.29. The molecule has 0 unspecified atom stereocenters. The third kappa shape index (κ3) is 6.66. The first-order valence-corrected chi connectivity index (χ1v) is 10.6. The van der Waals surface area contributed by atoms with Gasteiger partial charge in [0.05, 0.1) is 6.61 Å². The molecule has 31 heavy (non-hydrogen) atoms. The van der Waals surface area contributed by atoms with E-state index in [1.807, 2.05) is 38.1 Å². The zero-order valence-corrected chi connectivity index (χ0v) is 18.8. The highest BCUT2D eigenvalue weighted by molar-refractivity contribution is 6.31. The van der Waals surface area contributed by atoms with E-state index in [1.165, 1.54) is 5.56 Å². The van der Waals surface area contributed by atoms with Crippen molar-refractivity contribution >= 4 is 28.9 Å². The molecule has 5 nitrogen and oxygen atoms in total. The Morgan fingerprint density at radius 1 is 0.935 bits per heavy atom. The second kappa shape index (κ2) is 10.7. The number of carbonyl (C=O) groups is 1. The minimum absolute atomic E-state index is 0.132.